The van der Waals surface area contributed by atoms with Crippen LogP contribution < -0.4 is 4.90 Å². The first-order chi connectivity index (χ1) is 11.2. The van der Waals surface area contributed by atoms with Gasteiger partial charge in [0.25, 0.3) is 0 Å². The van der Waals surface area contributed by atoms with Crippen molar-refractivity contribution in [3.63, 3.8) is 0 Å². The number of nitrogens with zero attached hydrogens (tertiary/aromatic N) is 5. The molecule has 0 radical (unpaired) electrons. The summed E-state index contributed by atoms with van der Waals surface area (Å²) in [6.45, 7) is 3.36. The molecule has 2 N–H and O–H groups in total. The standard InChI is InChI=1S/C16H22N6O/c1-11-18-13-6-3-2-5-12(13)15(19-11)22-8-4-7-16(23,10-22)14-9-17-21-20-14/h9,23H,2-8,10H2,1H3,(H,17,20,21). The number of hydrogen-bond acceptors (Lipinski definition) is 6. The number of aromatic nitrogens is 5. The van der Waals surface area contributed by atoms with E-state index in [0.717, 1.165) is 37.4 Å². The molecule has 2 aliphatic rings. The number of fused-ring (bicyclic) bond motifs is 1. The van der Waals surface area contributed by atoms with Gasteiger partial charge in [0, 0.05) is 17.8 Å². The van der Waals surface area contributed by atoms with Crippen LogP contribution in [0.25, 0.3) is 0 Å². The van der Waals surface area contributed by atoms with Gasteiger partial charge in [0.05, 0.1) is 12.7 Å². The van der Waals surface area contributed by atoms with Crippen molar-refractivity contribution >= 4 is 5.82 Å². The Hall–Kier alpha value is -2.02. The number of piperidine rings is 1. The quantitative estimate of drug-likeness (QED) is 0.867. The maximum absolute atomic E-state index is 11.0. The average Bonchev–Trinajstić information content (AvgIpc) is 3.09. The fourth-order valence-corrected chi connectivity index (χ4v) is 3.81. The molecule has 7 heteroatoms. The van der Waals surface area contributed by atoms with Crippen molar-refractivity contribution < 1.29 is 5.11 Å². The molecule has 4 rings (SSSR count). The van der Waals surface area contributed by atoms with Gasteiger partial charge in [0.15, 0.2) is 0 Å². The zero-order valence-electron chi connectivity index (χ0n) is 13.4. The summed E-state index contributed by atoms with van der Waals surface area (Å²) < 4.78 is 0. The minimum absolute atomic E-state index is 0.502. The first-order valence-electron chi connectivity index (χ1n) is 8.36. The van der Waals surface area contributed by atoms with E-state index in [9.17, 15) is 5.11 Å². The second-order valence-electron chi connectivity index (χ2n) is 6.64. The Morgan fingerprint density at radius 3 is 2.91 bits per heavy atom. The Kier molecular flexibility index (Phi) is 3.52. The molecule has 1 saturated heterocycles. The highest BCUT2D eigenvalue weighted by Crippen LogP contribution is 2.35. The molecule has 23 heavy (non-hydrogen) atoms. The molecule has 0 bridgehead atoms. The Bertz CT molecular complexity index is 701. The molecule has 0 spiro atoms. The number of aliphatic hydroxyl groups is 1. The maximum Gasteiger partial charge on any atom is 0.135 e. The van der Waals surface area contributed by atoms with Crippen LogP contribution in [-0.2, 0) is 18.4 Å². The summed E-state index contributed by atoms with van der Waals surface area (Å²) in [6, 6.07) is 0. The summed E-state index contributed by atoms with van der Waals surface area (Å²) in [5, 5.41) is 21.6. The monoisotopic (exact) mass is 314 g/mol. The molecule has 3 heterocycles. The van der Waals surface area contributed by atoms with Crippen molar-refractivity contribution in [3.8, 4) is 0 Å². The summed E-state index contributed by atoms with van der Waals surface area (Å²) in [6.07, 6.45) is 7.67. The highest BCUT2D eigenvalue weighted by atomic mass is 16.3. The van der Waals surface area contributed by atoms with Gasteiger partial charge in [-0.2, -0.15) is 15.4 Å². The molecular formula is C16H22N6O. The summed E-state index contributed by atoms with van der Waals surface area (Å²) in [4.78, 5) is 11.6. The maximum atomic E-state index is 11.0. The molecular weight excluding hydrogens is 292 g/mol. The van der Waals surface area contributed by atoms with Crippen molar-refractivity contribution in [2.75, 3.05) is 18.0 Å². The van der Waals surface area contributed by atoms with Crippen LogP contribution in [0, 0.1) is 6.92 Å². The summed E-state index contributed by atoms with van der Waals surface area (Å²) in [5.74, 6) is 1.82. The number of hydrogen-bond donors (Lipinski definition) is 2. The van der Waals surface area contributed by atoms with Gasteiger partial charge in [-0.25, -0.2) is 9.97 Å². The van der Waals surface area contributed by atoms with Crippen molar-refractivity contribution in [2.45, 2.75) is 51.0 Å². The normalized spacial score (nSPS) is 24.5. The SMILES string of the molecule is Cc1nc2c(c(N3CCCC(O)(c4cn[nH]n4)C3)n1)CCCC2. The molecule has 7 nitrogen and oxygen atoms in total. The minimum atomic E-state index is -0.967. The number of rotatable bonds is 2. The second kappa shape index (κ2) is 5.56. The van der Waals surface area contributed by atoms with Crippen LogP contribution >= 0.6 is 0 Å². The van der Waals surface area contributed by atoms with E-state index >= 15 is 0 Å². The number of nitrogens with one attached hydrogen (secondary N) is 1. The van der Waals surface area contributed by atoms with E-state index in [2.05, 4.69) is 25.3 Å². The van der Waals surface area contributed by atoms with E-state index < -0.39 is 5.60 Å². The van der Waals surface area contributed by atoms with Gasteiger partial charge in [0.2, 0.25) is 0 Å². The number of β-amino-alcohol motifs (C(OH)–C–C–N with tert-alkyl or cyclic N) is 1. The third kappa shape index (κ3) is 2.59. The van der Waals surface area contributed by atoms with E-state index in [0.29, 0.717) is 18.7 Å². The number of anilines is 1. The lowest BCUT2D eigenvalue weighted by molar-refractivity contribution is 0.0174. The fraction of sp³-hybridized carbons (Fsp3) is 0.625. The summed E-state index contributed by atoms with van der Waals surface area (Å²) >= 11 is 0. The lowest BCUT2D eigenvalue weighted by atomic mass is 9.89. The van der Waals surface area contributed by atoms with Gasteiger partial charge < -0.3 is 10.0 Å². The average molecular weight is 314 g/mol. The lowest BCUT2D eigenvalue weighted by Gasteiger charge is -2.39. The topological polar surface area (TPSA) is 90.8 Å². The number of aryl methyl sites for hydroxylation is 2. The molecule has 2 aromatic heterocycles. The molecule has 122 valence electrons. The minimum Gasteiger partial charge on any atom is -0.382 e. The van der Waals surface area contributed by atoms with Crippen molar-refractivity contribution in [1.82, 2.24) is 25.4 Å². The second-order valence-corrected chi connectivity index (χ2v) is 6.64. The van der Waals surface area contributed by atoms with E-state index in [-0.39, 0.29) is 0 Å². The molecule has 2 aromatic rings. The molecule has 1 aliphatic heterocycles. The third-order valence-corrected chi connectivity index (χ3v) is 4.94. The highest BCUT2D eigenvalue weighted by Gasteiger charge is 2.38. The van der Waals surface area contributed by atoms with Crippen LogP contribution in [0.3, 0.4) is 0 Å². The largest absolute Gasteiger partial charge is 0.382 e. The van der Waals surface area contributed by atoms with Crippen LogP contribution in [0.5, 0.6) is 0 Å². The molecule has 1 fully saturated rings. The van der Waals surface area contributed by atoms with E-state index in [1.54, 1.807) is 6.20 Å². The summed E-state index contributed by atoms with van der Waals surface area (Å²) in [5.41, 5.74) is 2.11. The third-order valence-electron chi connectivity index (χ3n) is 4.94. The zero-order chi connectivity index (χ0) is 15.9. The van der Waals surface area contributed by atoms with Gasteiger partial charge in [0.1, 0.15) is 22.9 Å². The van der Waals surface area contributed by atoms with E-state index in [1.165, 1.54) is 24.1 Å². The number of aromatic amines is 1. The molecule has 0 saturated carbocycles. The molecule has 1 atom stereocenters. The molecule has 0 amide bonds. The van der Waals surface area contributed by atoms with Gasteiger partial charge in [-0.3, -0.25) is 0 Å². The van der Waals surface area contributed by atoms with Crippen LogP contribution in [0.2, 0.25) is 0 Å². The van der Waals surface area contributed by atoms with Crippen LogP contribution in [0.15, 0.2) is 6.20 Å². The lowest BCUT2D eigenvalue weighted by Crippen LogP contribution is -2.47. The molecule has 1 unspecified atom stereocenters. The van der Waals surface area contributed by atoms with E-state index in [1.807, 2.05) is 6.92 Å². The summed E-state index contributed by atoms with van der Waals surface area (Å²) in [7, 11) is 0. The van der Waals surface area contributed by atoms with Crippen LogP contribution in [0.4, 0.5) is 5.82 Å². The van der Waals surface area contributed by atoms with Gasteiger partial charge in [-0.05, 0) is 45.4 Å². The Balaban J connectivity index is 1.69. The Morgan fingerprint density at radius 2 is 2.09 bits per heavy atom. The highest BCUT2D eigenvalue weighted by molar-refractivity contribution is 5.51. The first kappa shape index (κ1) is 14.6. The first-order valence-corrected chi connectivity index (χ1v) is 8.36. The van der Waals surface area contributed by atoms with Gasteiger partial charge in [-0.1, -0.05) is 0 Å². The van der Waals surface area contributed by atoms with Gasteiger partial charge >= 0.3 is 0 Å². The number of H-pyrrole nitrogens is 1. The van der Waals surface area contributed by atoms with Crippen molar-refractivity contribution in [3.05, 3.63) is 29.0 Å². The van der Waals surface area contributed by atoms with E-state index in [4.69, 9.17) is 4.98 Å². The van der Waals surface area contributed by atoms with Crippen LogP contribution in [-0.4, -0.2) is 43.6 Å². The van der Waals surface area contributed by atoms with Gasteiger partial charge in [-0.15, -0.1) is 0 Å². The van der Waals surface area contributed by atoms with Crippen LogP contribution in [0.1, 0.15) is 48.5 Å². The molecule has 1 aliphatic carbocycles. The molecule has 0 aromatic carbocycles. The Labute approximate surface area is 135 Å². The smallest absolute Gasteiger partial charge is 0.135 e. The zero-order valence-corrected chi connectivity index (χ0v) is 13.4. The predicted molar refractivity (Wildman–Crippen MR) is 85.1 cm³/mol. The van der Waals surface area contributed by atoms with Crippen molar-refractivity contribution in [2.24, 2.45) is 0 Å². The van der Waals surface area contributed by atoms with Crippen molar-refractivity contribution in [1.29, 1.82) is 0 Å². The predicted octanol–water partition coefficient (Wildman–Crippen LogP) is 1.27. The Morgan fingerprint density at radius 1 is 1.22 bits per heavy atom. The fourth-order valence-electron chi connectivity index (χ4n) is 3.81.